The first-order chi connectivity index (χ1) is 24.8. The summed E-state index contributed by atoms with van der Waals surface area (Å²) in [5.74, 6) is 2.01. The zero-order valence-corrected chi connectivity index (χ0v) is 28.4. The van der Waals surface area contributed by atoms with E-state index in [9.17, 15) is 0 Å². The van der Waals surface area contributed by atoms with Crippen molar-refractivity contribution in [3.05, 3.63) is 164 Å². The van der Waals surface area contributed by atoms with Crippen molar-refractivity contribution in [3.63, 3.8) is 0 Å². The fourth-order valence-corrected chi connectivity index (χ4v) is 9.58. The average Bonchev–Trinajstić information content (AvgIpc) is 3.78. The first-order valence-corrected chi connectivity index (χ1v) is 18.2. The quantitative estimate of drug-likeness (QED) is 0.182. The fourth-order valence-electron chi connectivity index (χ4n) is 7.08. The minimum Gasteiger partial charge on any atom is -0.208 e. The van der Waals surface area contributed by atoms with Crippen LogP contribution in [0.15, 0.2) is 164 Å². The molecule has 0 bridgehead atoms. The molecule has 10 aromatic rings. The molecule has 0 aliphatic heterocycles. The molecule has 0 aliphatic rings. The van der Waals surface area contributed by atoms with E-state index in [1.54, 1.807) is 0 Å². The smallest absolute Gasteiger partial charge is 0.165 e. The number of fused-ring (bicyclic) bond motifs is 6. The van der Waals surface area contributed by atoms with Crippen molar-refractivity contribution in [2.75, 3.05) is 0 Å². The highest BCUT2D eigenvalue weighted by atomic mass is 32.1. The number of hydrogen-bond acceptors (Lipinski definition) is 5. The lowest BCUT2D eigenvalue weighted by Gasteiger charge is -2.11. The molecule has 0 unspecified atom stereocenters. The van der Waals surface area contributed by atoms with Gasteiger partial charge in [0.1, 0.15) is 0 Å². The summed E-state index contributed by atoms with van der Waals surface area (Å²) in [7, 11) is 0. The summed E-state index contributed by atoms with van der Waals surface area (Å²) in [5, 5.41) is 5.08. The van der Waals surface area contributed by atoms with E-state index >= 15 is 0 Å². The van der Waals surface area contributed by atoms with E-state index in [1.807, 2.05) is 59.1 Å². The third kappa shape index (κ3) is 4.74. The van der Waals surface area contributed by atoms with Crippen molar-refractivity contribution in [2.45, 2.75) is 0 Å². The Hall–Kier alpha value is -6.01. The summed E-state index contributed by atoms with van der Waals surface area (Å²) in [6.07, 6.45) is 0. The second-order valence-corrected chi connectivity index (χ2v) is 14.4. The highest BCUT2D eigenvalue weighted by Gasteiger charge is 2.21. The second kappa shape index (κ2) is 11.8. The van der Waals surface area contributed by atoms with Gasteiger partial charge < -0.3 is 0 Å². The first kappa shape index (κ1) is 29.0. The maximum absolute atomic E-state index is 5.09. The number of hydrogen-bond donors (Lipinski definition) is 0. The minimum absolute atomic E-state index is 0.665. The molecule has 234 valence electrons. The van der Waals surface area contributed by atoms with Crippen LogP contribution in [0.1, 0.15) is 0 Å². The molecule has 0 saturated carbocycles. The Morgan fingerprint density at radius 3 is 1.52 bits per heavy atom. The highest BCUT2D eigenvalue weighted by Crippen LogP contribution is 2.49. The molecular formula is C45H27N3S2. The van der Waals surface area contributed by atoms with E-state index in [-0.39, 0.29) is 0 Å². The molecule has 3 nitrogen and oxygen atoms in total. The van der Waals surface area contributed by atoms with Crippen molar-refractivity contribution < 1.29 is 0 Å². The van der Waals surface area contributed by atoms with Crippen LogP contribution in [0.4, 0.5) is 0 Å². The standard InChI is InChI=1S/C45H27N3S2/c1-4-14-28(15-5-1)31-26-27-33(40-34-20-10-11-24-37(34)49-42(31)40)32-21-13-25-38-39(32)35-22-12-23-36(41(35)50-38)45-47-43(29-16-6-2-7-17-29)46-44(48-45)30-18-8-3-9-19-30/h1-27H. The summed E-state index contributed by atoms with van der Waals surface area (Å²) < 4.78 is 5.03. The van der Waals surface area contributed by atoms with Gasteiger partial charge in [-0.1, -0.05) is 146 Å². The van der Waals surface area contributed by atoms with Crippen molar-refractivity contribution in [1.82, 2.24) is 15.0 Å². The normalized spacial score (nSPS) is 11.6. The van der Waals surface area contributed by atoms with Crippen molar-refractivity contribution in [1.29, 1.82) is 0 Å². The van der Waals surface area contributed by atoms with Gasteiger partial charge >= 0.3 is 0 Å². The van der Waals surface area contributed by atoms with Crippen molar-refractivity contribution in [2.24, 2.45) is 0 Å². The highest BCUT2D eigenvalue weighted by molar-refractivity contribution is 7.27. The lowest BCUT2D eigenvalue weighted by molar-refractivity contribution is 1.08. The van der Waals surface area contributed by atoms with Crippen LogP contribution in [0.25, 0.3) is 96.8 Å². The fraction of sp³-hybridized carbons (Fsp3) is 0. The minimum atomic E-state index is 0.665. The number of benzene rings is 7. The molecule has 0 radical (unpaired) electrons. The molecule has 10 rings (SSSR count). The van der Waals surface area contributed by atoms with Gasteiger partial charge in [-0.2, -0.15) is 0 Å². The van der Waals surface area contributed by atoms with Gasteiger partial charge in [0.25, 0.3) is 0 Å². The topological polar surface area (TPSA) is 38.7 Å². The van der Waals surface area contributed by atoms with Gasteiger partial charge in [0.05, 0.1) is 0 Å². The Kier molecular flexibility index (Phi) is 6.86. The molecule has 0 amide bonds. The van der Waals surface area contributed by atoms with Crippen LogP contribution in [-0.2, 0) is 0 Å². The van der Waals surface area contributed by atoms with Crippen LogP contribution < -0.4 is 0 Å². The van der Waals surface area contributed by atoms with Crippen molar-refractivity contribution in [3.8, 4) is 56.4 Å². The van der Waals surface area contributed by atoms with E-state index in [0.29, 0.717) is 17.5 Å². The summed E-state index contributed by atoms with van der Waals surface area (Å²) in [5.41, 5.74) is 7.94. The lowest BCUT2D eigenvalue weighted by atomic mass is 9.92. The van der Waals surface area contributed by atoms with Crippen molar-refractivity contribution >= 4 is 63.0 Å². The van der Waals surface area contributed by atoms with Gasteiger partial charge in [0.15, 0.2) is 17.5 Å². The average molecular weight is 674 g/mol. The van der Waals surface area contributed by atoms with E-state index in [2.05, 4.69) is 127 Å². The van der Waals surface area contributed by atoms with Crippen LogP contribution in [0, 0.1) is 0 Å². The van der Waals surface area contributed by atoms with Crippen LogP contribution in [0.2, 0.25) is 0 Å². The summed E-state index contributed by atoms with van der Waals surface area (Å²) >= 11 is 3.69. The van der Waals surface area contributed by atoms with E-state index in [0.717, 1.165) is 16.7 Å². The summed E-state index contributed by atoms with van der Waals surface area (Å²) in [6.45, 7) is 0. The summed E-state index contributed by atoms with van der Waals surface area (Å²) in [6, 6.07) is 57.8. The molecule has 5 heteroatoms. The Balaban J connectivity index is 1.22. The third-order valence-electron chi connectivity index (χ3n) is 9.36. The predicted molar refractivity (Wildman–Crippen MR) is 213 cm³/mol. The van der Waals surface area contributed by atoms with Gasteiger partial charge in [-0.05, 0) is 40.5 Å². The Morgan fingerprint density at radius 1 is 0.300 bits per heavy atom. The zero-order valence-electron chi connectivity index (χ0n) is 26.7. The maximum atomic E-state index is 5.09. The van der Waals surface area contributed by atoms with Gasteiger partial charge in [-0.25, -0.2) is 15.0 Å². The van der Waals surface area contributed by atoms with Crippen LogP contribution in [-0.4, -0.2) is 15.0 Å². The van der Waals surface area contributed by atoms with Gasteiger partial charge in [-0.15, -0.1) is 22.7 Å². The Morgan fingerprint density at radius 2 is 0.800 bits per heavy atom. The largest absolute Gasteiger partial charge is 0.208 e. The van der Waals surface area contributed by atoms with Gasteiger partial charge in [-0.3, -0.25) is 0 Å². The summed E-state index contributed by atoms with van der Waals surface area (Å²) in [4.78, 5) is 15.1. The Bertz CT molecular complexity index is 2800. The molecule has 3 aromatic heterocycles. The van der Waals surface area contributed by atoms with Crippen LogP contribution >= 0.6 is 22.7 Å². The van der Waals surface area contributed by atoms with Crippen LogP contribution in [0.5, 0.6) is 0 Å². The number of thiophene rings is 2. The molecule has 7 aromatic carbocycles. The Labute approximate surface area is 296 Å². The lowest BCUT2D eigenvalue weighted by Crippen LogP contribution is -2.00. The first-order valence-electron chi connectivity index (χ1n) is 16.6. The molecule has 0 fully saturated rings. The molecule has 0 spiro atoms. The number of rotatable bonds is 5. The number of aromatic nitrogens is 3. The van der Waals surface area contributed by atoms with Gasteiger partial charge in [0, 0.05) is 57.0 Å². The molecular weight excluding hydrogens is 647 g/mol. The van der Waals surface area contributed by atoms with E-state index < -0.39 is 0 Å². The van der Waals surface area contributed by atoms with Crippen LogP contribution in [0.3, 0.4) is 0 Å². The van der Waals surface area contributed by atoms with E-state index in [4.69, 9.17) is 15.0 Å². The molecule has 0 atom stereocenters. The predicted octanol–water partition coefficient (Wildman–Crippen LogP) is 12.9. The molecule has 3 heterocycles. The molecule has 50 heavy (non-hydrogen) atoms. The van der Waals surface area contributed by atoms with Gasteiger partial charge in [0.2, 0.25) is 0 Å². The zero-order chi connectivity index (χ0) is 33.0. The number of nitrogens with zero attached hydrogens (tertiary/aromatic N) is 3. The maximum Gasteiger partial charge on any atom is 0.165 e. The monoisotopic (exact) mass is 673 g/mol. The SMILES string of the molecule is c1ccc(-c2nc(-c3ccccc3)nc(-c3cccc4c3sc3cccc(-c5ccc(-c6ccccc6)c6sc7ccccc7c56)c34)n2)cc1. The third-order valence-corrected chi connectivity index (χ3v) is 11.8. The molecule has 0 aliphatic carbocycles. The molecule has 0 N–H and O–H groups in total. The molecule has 0 saturated heterocycles. The second-order valence-electron chi connectivity index (χ2n) is 12.3. The van der Waals surface area contributed by atoms with E-state index in [1.165, 1.54) is 62.6 Å².